The minimum Gasteiger partial charge on any atom is -0.480 e. The number of aryl methyl sites for hydroxylation is 1. The van der Waals surface area contributed by atoms with E-state index in [0.29, 0.717) is 6.42 Å². The van der Waals surface area contributed by atoms with Gasteiger partial charge in [-0.25, -0.2) is 0 Å². The van der Waals surface area contributed by atoms with Gasteiger partial charge in [0, 0.05) is 0 Å². The highest BCUT2D eigenvalue weighted by Gasteiger charge is 2.34. The molecular formula is C13H19NO2. The number of carboxylic acid groups (broad SMARTS) is 1. The van der Waals surface area contributed by atoms with Crippen LogP contribution >= 0.6 is 0 Å². The van der Waals surface area contributed by atoms with Crippen LogP contribution in [0.15, 0.2) is 24.3 Å². The monoisotopic (exact) mass is 221 g/mol. The first-order chi connectivity index (χ1) is 7.34. The normalized spacial score (nSPS) is 16.5. The predicted molar refractivity (Wildman–Crippen MR) is 64.3 cm³/mol. The Labute approximate surface area is 96.3 Å². The Morgan fingerprint density at radius 2 is 1.94 bits per heavy atom. The molecule has 16 heavy (non-hydrogen) atoms. The Morgan fingerprint density at radius 1 is 1.44 bits per heavy atom. The van der Waals surface area contributed by atoms with Gasteiger partial charge in [-0.1, -0.05) is 36.8 Å². The molecule has 3 N–H and O–H groups in total. The molecule has 0 bridgehead atoms. The molecule has 0 aliphatic heterocycles. The molecule has 3 heteroatoms. The van der Waals surface area contributed by atoms with E-state index in [-0.39, 0.29) is 5.92 Å². The first kappa shape index (κ1) is 12.7. The number of carbonyl (C=O) groups is 1. The zero-order chi connectivity index (χ0) is 12.3. The molecular weight excluding hydrogens is 202 g/mol. The maximum absolute atomic E-state index is 11.0. The summed E-state index contributed by atoms with van der Waals surface area (Å²) in [5.41, 5.74) is 6.93. The van der Waals surface area contributed by atoms with Gasteiger partial charge in [-0.15, -0.1) is 0 Å². The van der Waals surface area contributed by atoms with Crippen molar-refractivity contribution >= 4 is 5.97 Å². The van der Waals surface area contributed by atoms with Crippen LogP contribution in [-0.2, 0) is 11.2 Å². The van der Waals surface area contributed by atoms with Gasteiger partial charge in [-0.2, -0.15) is 0 Å². The number of carboxylic acids is 1. The summed E-state index contributed by atoms with van der Waals surface area (Å²) < 4.78 is 0. The largest absolute Gasteiger partial charge is 0.480 e. The molecule has 1 aromatic carbocycles. The molecule has 2 atom stereocenters. The minimum absolute atomic E-state index is 0.104. The summed E-state index contributed by atoms with van der Waals surface area (Å²) in [5.74, 6) is -1.06. The average molecular weight is 221 g/mol. The van der Waals surface area contributed by atoms with Gasteiger partial charge >= 0.3 is 5.97 Å². The molecule has 0 saturated heterocycles. The van der Waals surface area contributed by atoms with Gasteiger partial charge in [0.2, 0.25) is 0 Å². The third kappa shape index (κ3) is 2.83. The second-order valence-corrected chi connectivity index (χ2v) is 4.68. The van der Waals surface area contributed by atoms with E-state index in [4.69, 9.17) is 10.8 Å². The molecule has 1 rings (SSSR count). The molecule has 0 aliphatic carbocycles. The number of hydrogen-bond donors (Lipinski definition) is 2. The van der Waals surface area contributed by atoms with Crippen LogP contribution in [0.2, 0.25) is 0 Å². The summed E-state index contributed by atoms with van der Waals surface area (Å²) in [6, 6.07) is 8.08. The topological polar surface area (TPSA) is 63.3 Å². The van der Waals surface area contributed by atoms with Crippen molar-refractivity contribution in [2.75, 3.05) is 0 Å². The summed E-state index contributed by atoms with van der Waals surface area (Å²) in [6.45, 7) is 5.46. The van der Waals surface area contributed by atoms with Gasteiger partial charge in [0.15, 0.2) is 0 Å². The fourth-order valence-electron chi connectivity index (χ4n) is 1.50. The van der Waals surface area contributed by atoms with Crippen molar-refractivity contribution in [1.29, 1.82) is 0 Å². The lowest BCUT2D eigenvalue weighted by Gasteiger charge is -2.27. The number of rotatable bonds is 4. The van der Waals surface area contributed by atoms with Crippen molar-refractivity contribution in [1.82, 2.24) is 0 Å². The van der Waals surface area contributed by atoms with Crippen LogP contribution in [0.5, 0.6) is 0 Å². The zero-order valence-corrected chi connectivity index (χ0v) is 10.0. The van der Waals surface area contributed by atoms with Crippen molar-refractivity contribution in [3.8, 4) is 0 Å². The fourth-order valence-corrected chi connectivity index (χ4v) is 1.50. The lowest BCUT2D eigenvalue weighted by molar-refractivity contribution is -0.144. The van der Waals surface area contributed by atoms with E-state index in [1.807, 2.05) is 38.1 Å². The Balaban J connectivity index is 2.75. The summed E-state index contributed by atoms with van der Waals surface area (Å²) in [7, 11) is 0. The average Bonchev–Trinajstić information content (AvgIpc) is 2.21. The fraction of sp³-hybridized carbons (Fsp3) is 0.462. The highest BCUT2D eigenvalue weighted by Crippen LogP contribution is 2.19. The summed E-state index contributed by atoms with van der Waals surface area (Å²) in [6.07, 6.45) is 0.680. The van der Waals surface area contributed by atoms with E-state index in [0.717, 1.165) is 5.56 Å². The maximum atomic E-state index is 11.0. The predicted octanol–water partition coefficient (Wildman–Crippen LogP) is 1.98. The second-order valence-electron chi connectivity index (χ2n) is 4.68. The van der Waals surface area contributed by atoms with Crippen molar-refractivity contribution < 1.29 is 9.90 Å². The van der Waals surface area contributed by atoms with E-state index in [2.05, 4.69) is 0 Å². The molecule has 88 valence electrons. The van der Waals surface area contributed by atoms with E-state index < -0.39 is 11.5 Å². The summed E-state index contributed by atoms with van der Waals surface area (Å²) >= 11 is 0. The zero-order valence-electron chi connectivity index (χ0n) is 10.0. The standard InChI is InChI=1S/C13H19NO2/c1-9-4-6-11(7-5-9)8-10(2)13(3,14)12(15)16/h4-7,10H,8,14H2,1-3H3,(H,15,16). The van der Waals surface area contributed by atoms with Gasteiger partial charge < -0.3 is 10.8 Å². The van der Waals surface area contributed by atoms with Crippen molar-refractivity contribution in [2.24, 2.45) is 11.7 Å². The Bertz CT molecular complexity index is 368. The van der Waals surface area contributed by atoms with Gasteiger partial charge in [-0.3, -0.25) is 4.79 Å². The smallest absolute Gasteiger partial charge is 0.323 e. The van der Waals surface area contributed by atoms with Crippen LogP contribution in [-0.4, -0.2) is 16.6 Å². The van der Waals surface area contributed by atoms with E-state index in [1.54, 1.807) is 6.92 Å². The Morgan fingerprint density at radius 3 is 2.38 bits per heavy atom. The molecule has 3 nitrogen and oxygen atoms in total. The number of hydrogen-bond acceptors (Lipinski definition) is 2. The van der Waals surface area contributed by atoms with Gasteiger partial charge in [-0.05, 0) is 31.7 Å². The second kappa shape index (κ2) is 4.66. The lowest BCUT2D eigenvalue weighted by atomic mass is 9.83. The first-order valence-corrected chi connectivity index (χ1v) is 5.42. The molecule has 1 aromatic rings. The van der Waals surface area contributed by atoms with Gasteiger partial charge in [0.05, 0.1) is 0 Å². The number of aliphatic carboxylic acids is 1. The number of nitrogens with two attached hydrogens (primary N) is 1. The van der Waals surface area contributed by atoms with Crippen molar-refractivity contribution in [3.63, 3.8) is 0 Å². The third-order valence-corrected chi connectivity index (χ3v) is 3.15. The van der Waals surface area contributed by atoms with Crippen molar-refractivity contribution in [2.45, 2.75) is 32.7 Å². The lowest BCUT2D eigenvalue weighted by Crippen LogP contribution is -2.51. The highest BCUT2D eigenvalue weighted by molar-refractivity contribution is 5.78. The highest BCUT2D eigenvalue weighted by atomic mass is 16.4. The molecule has 0 amide bonds. The quantitative estimate of drug-likeness (QED) is 0.817. The van der Waals surface area contributed by atoms with Crippen LogP contribution in [0.3, 0.4) is 0 Å². The Hall–Kier alpha value is -1.35. The third-order valence-electron chi connectivity index (χ3n) is 3.15. The molecule has 0 spiro atoms. The van der Waals surface area contributed by atoms with Crippen molar-refractivity contribution in [3.05, 3.63) is 35.4 Å². The minimum atomic E-state index is -1.18. The van der Waals surface area contributed by atoms with E-state index in [9.17, 15) is 4.79 Å². The van der Waals surface area contributed by atoms with Gasteiger partial charge in [0.25, 0.3) is 0 Å². The van der Waals surface area contributed by atoms with Crippen LogP contribution in [0.4, 0.5) is 0 Å². The maximum Gasteiger partial charge on any atom is 0.323 e. The molecule has 0 aliphatic rings. The molecule has 0 aromatic heterocycles. The van der Waals surface area contributed by atoms with Crippen LogP contribution in [0, 0.1) is 12.8 Å². The van der Waals surface area contributed by atoms with E-state index >= 15 is 0 Å². The molecule has 0 radical (unpaired) electrons. The molecule has 2 unspecified atom stereocenters. The first-order valence-electron chi connectivity index (χ1n) is 5.42. The molecule has 0 heterocycles. The van der Waals surface area contributed by atoms with Crippen LogP contribution < -0.4 is 5.73 Å². The summed E-state index contributed by atoms with van der Waals surface area (Å²) in [5, 5.41) is 9.01. The molecule has 0 saturated carbocycles. The van der Waals surface area contributed by atoms with Crippen LogP contribution in [0.1, 0.15) is 25.0 Å². The van der Waals surface area contributed by atoms with E-state index in [1.165, 1.54) is 5.56 Å². The van der Waals surface area contributed by atoms with Gasteiger partial charge in [0.1, 0.15) is 5.54 Å². The SMILES string of the molecule is Cc1ccc(CC(C)C(C)(N)C(=O)O)cc1. The Kier molecular flexibility index (Phi) is 3.70. The molecule has 0 fully saturated rings. The van der Waals surface area contributed by atoms with Crippen LogP contribution in [0.25, 0.3) is 0 Å². The number of benzene rings is 1. The summed E-state index contributed by atoms with van der Waals surface area (Å²) in [4.78, 5) is 11.0.